The summed E-state index contributed by atoms with van der Waals surface area (Å²) in [4.78, 5) is 7.35. The summed E-state index contributed by atoms with van der Waals surface area (Å²) in [5.41, 5.74) is 36.7. The highest BCUT2D eigenvalue weighted by Crippen LogP contribution is 2.60. The molecule has 0 radical (unpaired) electrons. The summed E-state index contributed by atoms with van der Waals surface area (Å²) < 4.78 is 47.3. The first kappa shape index (κ1) is 83.3. The van der Waals surface area contributed by atoms with Crippen molar-refractivity contribution in [1.82, 2.24) is 4.57 Å². The van der Waals surface area contributed by atoms with Gasteiger partial charge in [0, 0.05) is 75.4 Å². The normalized spacial score (nSPS) is 14.4. The number of anilines is 9. The van der Waals surface area contributed by atoms with E-state index in [1.54, 1.807) is 0 Å². The molecule has 3 aliphatic heterocycles. The first-order chi connectivity index (χ1) is 71.0. The average Bonchev–Trinajstić information content (AvgIpc) is 1.40. The van der Waals surface area contributed by atoms with Crippen molar-refractivity contribution in [2.24, 2.45) is 0 Å². The van der Waals surface area contributed by atoms with Crippen LogP contribution in [0, 0.1) is 0 Å². The van der Waals surface area contributed by atoms with Crippen molar-refractivity contribution in [1.29, 1.82) is 0 Å². The molecule has 4 aliphatic rings. The minimum Gasteiger partial charge on any atom is -0.310 e. The lowest BCUT2D eigenvalue weighted by Gasteiger charge is -2.42. The van der Waals surface area contributed by atoms with Gasteiger partial charge in [0.1, 0.15) is 0 Å². The lowest BCUT2D eigenvalue weighted by Crippen LogP contribution is -2.30. The Kier molecular flexibility index (Phi) is 20.2. The Bertz CT molecular complexity index is 9510. The van der Waals surface area contributed by atoms with E-state index < -0.39 is 6.04 Å². The Labute approximate surface area is 849 Å². The van der Waals surface area contributed by atoms with Gasteiger partial charge in [0.2, 0.25) is 0 Å². The van der Waals surface area contributed by atoms with Gasteiger partial charge < -0.3 is 19.3 Å². The first-order valence-corrected chi connectivity index (χ1v) is 49.8. The molecule has 22 aromatic carbocycles. The zero-order valence-electron chi connectivity index (χ0n) is 84.8. The molecule has 0 N–H and O–H groups in total. The molecule has 0 fully saturated rings. The molecule has 4 nitrogen and oxygen atoms in total. The molecule has 5 heteroatoms. The van der Waals surface area contributed by atoms with E-state index in [9.17, 15) is 0 Å². The van der Waals surface area contributed by atoms with Crippen LogP contribution in [0.25, 0.3) is 158 Å². The number of hydrogen-bond acceptors (Lipinski definition) is 4. The average molecular weight is 1860 g/mol. The Morgan fingerprint density at radius 1 is 0.196 bits per heavy atom. The maximum absolute atomic E-state index is 8.75. The summed E-state index contributed by atoms with van der Waals surface area (Å²) >= 11 is 1.87. The molecular formula is C138H110N4S. The highest BCUT2D eigenvalue weighted by Gasteiger charge is 2.43. The van der Waals surface area contributed by atoms with Gasteiger partial charge >= 0.3 is 0 Å². The van der Waals surface area contributed by atoms with Gasteiger partial charge in [0.25, 0.3) is 0 Å². The molecule has 0 unspecified atom stereocenters. The van der Waals surface area contributed by atoms with Gasteiger partial charge in [-0.15, -0.1) is 11.3 Å². The molecular weight excluding hydrogens is 1750 g/mol. The van der Waals surface area contributed by atoms with E-state index in [2.05, 4.69) is 481 Å². The molecule has 2 aromatic heterocycles. The van der Waals surface area contributed by atoms with Gasteiger partial charge in [-0.1, -0.05) is 392 Å². The number of aromatic nitrogens is 1. The van der Waals surface area contributed by atoms with E-state index >= 15 is 0 Å². The van der Waals surface area contributed by atoms with Crippen molar-refractivity contribution < 1.29 is 6.85 Å². The third-order valence-electron chi connectivity index (χ3n) is 30.9. The topological polar surface area (TPSA) is 14.7 Å². The van der Waals surface area contributed by atoms with Crippen LogP contribution in [-0.4, -0.2) is 4.57 Å². The molecule has 0 atom stereocenters. The summed E-state index contributed by atoms with van der Waals surface area (Å²) in [6.07, 6.45) is 0. The minimum absolute atomic E-state index is 0. The molecule has 28 rings (SSSR count). The summed E-state index contributed by atoms with van der Waals surface area (Å²) in [6, 6.07) is 160. The molecule has 0 bridgehead atoms. The number of fused-ring (bicyclic) bond motifs is 21. The third kappa shape index (κ3) is 14.4. The fourth-order valence-electron chi connectivity index (χ4n) is 23.8. The summed E-state index contributed by atoms with van der Waals surface area (Å²) in [5.74, 6) is 0. The van der Waals surface area contributed by atoms with E-state index in [-0.39, 0.29) is 66.2 Å². The predicted molar refractivity (Wildman–Crippen MR) is 615 cm³/mol. The lowest BCUT2D eigenvalue weighted by atomic mass is 9.72. The zero-order chi connectivity index (χ0) is 99.1. The molecule has 688 valence electrons. The molecule has 0 saturated heterocycles. The Balaban J connectivity index is 0.000000121. The second kappa shape index (κ2) is 34.7. The van der Waals surface area contributed by atoms with Crippen molar-refractivity contribution in [2.45, 2.75) is 91.9 Å². The number of benzene rings is 22. The van der Waals surface area contributed by atoms with Crippen LogP contribution in [0.4, 0.5) is 51.2 Å². The second-order valence-corrected chi connectivity index (χ2v) is 41.3. The largest absolute Gasteiger partial charge is 0.310 e. The molecule has 0 amide bonds. The van der Waals surface area contributed by atoms with Gasteiger partial charge in [-0.2, -0.15) is 0 Å². The first-order valence-electron chi connectivity index (χ1n) is 51.5. The van der Waals surface area contributed by atoms with Crippen molar-refractivity contribution in [3.05, 3.63) is 518 Å². The van der Waals surface area contributed by atoms with Crippen LogP contribution >= 0.6 is 11.3 Å². The van der Waals surface area contributed by atoms with E-state index in [1.807, 2.05) is 47.7 Å². The smallest absolute Gasteiger partial charge is 0.0629 e. The van der Waals surface area contributed by atoms with E-state index in [0.717, 1.165) is 50.0 Å². The lowest BCUT2D eigenvalue weighted by molar-refractivity contribution is 0.631. The fraction of sp³-hybridized carbons (Fsp3) is 0.101. The highest BCUT2D eigenvalue weighted by atomic mass is 32.1. The van der Waals surface area contributed by atoms with Gasteiger partial charge in [0.05, 0.1) is 52.0 Å². The van der Waals surface area contributed by atoms with Crippen molar-refractivity contribution in [2.75, 3.05) is 14.7 Å². The molecule has 143 heavy (non-hydrogen) atoms. The third-order valence-corrected chi connectivity index (χ3v) is 32.1. The van der Waals surface area contributed by atoms with Crippen molar-refractivity contribution >= 4 is 148 Å². The van der Waals surface area contributed by atoms with Crippen molar-refractivity contribution in [3.8, 4) is 72.4 Å². The summed E-state index contributed by atoms with van der Waals surface area (Å²) in [6.45, 7) is 18.8. The van der Waals surface area contributed by atoms with Crippen LogP contribution in [0.2, 0.25) is 0 Å². The monoisotopic (exact) mass is 1860 g/mol. The van der Waals surface area contributed by atoms with E-state index in [1.165, 1.54) is 192 Å². The van der Waals surface area contributed by atoms with Gasteiger partial charge in [-0.05, 0) is 306 Å². The van der Waals surface area contributed by atoms with Gasteiger partial charge in [-0.3, -0.25) is 0 Å². The van der Waals surface area contributed by atoms with Crippen LogP contribution in [0.15, 0.2) is 473 Å². The van der Waals surface area contributed by atoms with Crippen LogP contribution in [0.5, 0.6) is 0 Å². The maximum Gasteiger partial charge on any atom is 0.0629 e. The summed E-state index contributed by atoms with van der Waals surface area (Å²) in [5, 5.41) is 14.9. The Hall–Kier alpha value is -16.7. The summed E-state index contributed by atoms with van der Waals surface area (Å²) in [7, 11) is 0. The molecule has 0 spiro atoms. The number of hydrogen-bond donors (Lipinski definition) is 0. The quantitative estimate of drug-likeness (QED) is 0.134. The molecule has 0 saturated carbocycles. The molecule has 5 heterocycles. The Morgan fingerprint density at radius 2 is 0.552 bits per heavy atom. The Morgan fingerprint density at radius 3 is 1.09 bits per heavy atom. The van der Waals surface area contributed by atoms with Crippen LogP contribution in [0.3, 0.4) is 0 Å². The van der Waals surface area contributed by atoms with Crippen LogP contribution < -0.4 is 14.7 Å². The predicted octanol–water partition coefficient (Wildman–Crippen LogP) is 39.4. The van der Waals surface area contributed by atoms with Gasteiger partial charge in [-0.25, -0.2) is 0 Å². The number of para-hydroxylation sites is 4. The number of nitrogens with zero attached hydrogens (tertiary/aromatic N) is 4. The number of thiophene rings is 1. The fourth-order valence-corrected chi connectivity index (χ4v) is 24.9. The second-order valence-electron chi connectivity index (χ2n) is 40.2. The highest BCUT2D eigenvalue weighted by molar-refractivity contribution is 7.25. The van der Waals surface area contributed by atoms with Crippen molar-refractivity contribution in [3.63, 3.8) is 0 Å². The molecule has 1 aliphatic carbocycles. The van der Waals surface area contributed by atoms with Crippen LogP contribution in [0.1, 0.15) is 122 Å². The van der Waals surface area contributed by atoms with E-state index in [4.69, 9.17) is 6.85 Å². The zero-order valence-corrected chi connectivity index (χ0v) is 80.7. The SMILES string of the molecule is C.C.CC1(C)c2ccccc2N(c2ccc(-c3ccccc3)cc2)c2ccc(-c3cc4ccccc4c4ccccc34)cc21.CC1(C)c2ccccc2N(c2ccc3sc4ccccc4c3c2)c2ccc(-c3cc4ccccc4c4ccccc34)cc21.[2H]c1c([2H])c([2H])c(-c2ccc3c(c2)c2cc(-c4ccc5c(c4)C(C)(C)c4ccccc4N5c4ccc5c(c4)C(C)(C)c4ccccc4-5)ccc2n3-c2ccccc2)c([2H])c1[2H]. The minimum atomic E-state index is -0.396. The number of rotatable bonds is 9. The standard InChI is InChI=1S/C54H42N2.C41H29NS.C41H31N.2CH4/c1-53(2)45-20-12-11-19-41(45)42-27-26-40(34-47(42)53)56-51-22-14-13-21-46(51)54(3,4)48-33-38(25-30-52(48)56)37-24-29-50-44(32-37)43-31-36(35-15-7-5-8-16-35)23-28-49(43)55(50)39-17-9-6-10-18-39;1-41(2)35-16-8-9-17-37(35)42(28-20-22-40-34(25-28)32-15-7-10-18-39(32)43-40)38-21-19-27(24-36(38)41)33-23-26-11-3-4-12-29(26)30-13-5-6-14-31(30)33;1-41(2)37-18-10-11-19-39(37)42(32-23-20-29(21-24-32)28-12-4-3-5-13-28)40-25-22-31(27-38(40)41)36-26-30-14-6-7-15-33(30)34-16-8-9-17-35(34)36;;/h5-34H,1-4H3;3-25H,1-2H3;3-27H,1-2H3;2*1H4/i5D,7D,8D,15D,16D;;;;. The molecule has 24 aromatic rings. The maximum atomic E-state index is 8.75. The van der Waals surface area contributed by atoms with Crippen LogP contribution in [-0.2, 0) is 21.7 Å². The van der Waals surface area contributed by atoms with E-state index in [0.29, 0.717) is 5.56 Å². The van der Waals surface area contributed by atoms with Gasteiger partial charge in [0.15, 0.2) is 0 Å².